The van der Waals surface area contributed by atoms with Crippen LogP contribution in [0.25, 0.3) is 0 Å². The zero-order chi connectivity index (χ0) is 12.0. The number of hydrogen-bond donors (Lipinski definition) is 0. The van der Waals surface area contributed by atoms with Gasteiger partial charge in [-0.25, -0.2) is 0 Å². The van der Waals surface area contributed by atoms with E-state index in [1.165, 1.54) is 12.1 Å². The molecule has 1 aliphatic carbocycles. The zero-order valence-electron chi connectivity index (χ0n) is 8.24. The summed E-state index contributed by atoms with van der Waals surface area (Å²) in [6, 6.07) is 3.74. The predicted octanol–water partition coefficient (Wildman–Crippen LogP) is 4.02. The molecule has 4 heteroatoms. The van der Waals surface area contributed by atoms with E-state index < -0.39 is 11.7 Å². The predicted molar refractivity (Wildman–Crippen MR) is 56.2 cm³/mol. The van der Waals surface area contributed by atoms with Gasteiger partial charge in [0.25, 0.3) is 0 Å². The molecule has 0 heterocycles. The molecule has 16 heavy (non-hydrogen) atoms. The molecule has 0 radical (unpaired) electrons. The molecule has 0 atom stereocenters. The highest BCUT2D eigenvalue weighted by atomic mass is 35.5. The maximum Gasteiger partial charge on any atom is 0.417 e. The van der Waals surface area contributed by atoms with Crippen molar-refractivity contribution in [2.45, 2.75) is 24.4 Å². The van der Waals surface area contributed by atoms with E-state index in [2.05, 4.69) is 5.92 Å². The fraction of sp³-hybridized carbons (Fsp3) is 0.333. The first-order valence-corrected chi connectivity index (χ1v) is 5.12. The number of halogens is 4. The highest BCUT2D eigenvalue weighted by Crippen LogP contribution is 2.49. The van der Waals surface area contributed by atoms with Crippen molar-refractivity contribution in [1.82, 2.24) is 0 Å². The van der Waals surface area contributed by atoms with E-state index >= 15 is 0 Å². The Hall–Kier alpha value is -1.14. The third-order valence-electron chi connectivity index (χ3n) is 2.85. The number of benzene rings is 1. The van der Waals surface area contributed by atoms with Gasteiger partial charge in [-0.1, -0.05) is 23.6 Å². The molecule has 1 saturated carbocycles. The lowest BCUT2D eigenvalue weighted by molar-refractivity contribution is -0.137. The van der Waals surface area contributed by atoms with Crippen molar-refractivity contribution in [2.24, 2.45) is 0 Å². The van der Waals surface area contributed by atoms with E-state index in [0.717, 1.165) is 18.9 Å². The van der Waals surface area contributed by atoms with Crippen LogP contribution in [0.1, 0.15) is 24.0 Å². The second-order valence-corrected chi connectivity index (χ2v) is 4.33. The summed E-state index contributed by atoms with van der Waals surface area (Å²) >= 11 is 5.62. The molecule has 0 aromatic heterocycles. The second kappa shape index (κ2) is 3.43. The summed E-state index contributed by atoms with van der Waals surface area (Å²) in [5.41, 5.74) is -0.493. The van der Waals surface area contributed by atoms with E-state index in [9.17, 15) is 13.2 Å². The Morgan fingerprint density at radius 1 is 1.31 bits per heavy atom. The minimum Gasteiger partial charge on any atom is -0.166 e. The lowest BCUT2D eigenvalue weighted by Crippen LogP contribution is -2.08. The van der Waals surface area contributed by atoms with E-state index in [1.54, 1.807) is 0 Å². The monoisotopic (exact) mass is 244 g/mol. The van der Waals surface area contributed by atoms with Crippen LogP contribution < -0.4 is 0 Å². The molecule has 0 spiro atoms. The van der Waals surface area contributed by atoms with Crippen molar-refractivity contribution >= 4 is 11.6 Å². The standard InChI is InChI=1S/C12H8ClF3/c1-2-11(5-6-11)8-3-4-9(10(13)7-8)12(14,15)16/h1,3-4,7H,5-6H2. The van der Waals surface area contributed by atoms with Gasteiger partial charge in [-0.05, 0) is 30.5 Å². The molecular weight excluding hydrogens is 237 g/mol. The number of rotatable bonds is 1. The molecule has 1 fully saturated rings. The highest BCUT2D eigenvalue weighted by molar-refractivity contribution is 6.31. The lowest BCUT2D eigenvalue weighted by atomic mass is 9.96. The van der Waals surface area contributed by atoms with Crippen molar-refractivity contribution in [2.75, 3.05) is 0 Å². The van der Waals surface area contributed by atoms with E-state index in [4.69, 9.17) is 18.0 Å². The fourth-order valence-electron chi connectivity index (χ4n) is 1.68. The van der Waals surface area contributed by atoms with Crippen molar-refractivity contribution in [3.63, 3.8) is 0 Å². The molecule has 84 valence electrons. The van der Waals surface area contributed by atoms with Crippen LogP contribution in [0.3, 0.4) is 0 Å². The van der Waals surface area contributed by atoms with Gasteiger partial charge in [0.1, 0.15) is 0 Å². The smallest absolute Gasteiger partial charge is 0.166 e. The molecule has 0 N–H and O–H groups in total. The third-order valence-corrected chi connectivity index (χ3v) is 3.17. The van der Waals surface area contributed by atoms with Crippen LogP contribution in [0.4, 0.5) is 13.2 Å². The van der Waals surface area contributed by atoms with Crippen LogP contribution in [0.2, 0.25) is 5.02 Å². The van der Waals surface area contributed by atoms with Gasteiger partial charge in [0.2, 0.25) is 0 Å². The van der Waals surface area contributed by atoms with Gasteiger partial charge in [-0.3, -0.25) is 0 Å². The van der Waals surface area contributed by atoms with Gasteiger partial charge < -0.3 is 0 Å². The maximum atomic E-state index is 12.4. The molecule has 0 amide bonds. The molecule has 0 nitrogen and oxygen atoms in total. The molecule has 1 aliphatic rings. The Balaban J connectivity index is 2.42. The first kappa shape index (κ1) is 11.3. The van der Waals surface area contributed by atoms with Crippen LogP contribution in [0.15, 0.2) is 18.2 Å². The summed E-state index contributed by atoms with van der Waals surface area (Å²) in [5, 5.41) is -0.286. The van der Waals surface area contributed by atoms with Crippen LogP contribution in [-0.4, -0.2) is 0 Å². The van der Waals surface area contributed by atoms with Crippen LogP contribution in [0.5, 0.6) is 0 Å². The molecule has 0 saturated heterocycles. The molecule has 0 aliphatic heterocycles. The highest BCUT2D eigenvalue weighted by Gasteiger charge is 2.43. The summed E-state index contributed by atoms with van der Waals surface area (Å²) in [7, 11) is 0. The van der Waals surface area contributed by atoms with Gasteiger partial charge in [0.15, 0.2) is 0 Å². The van der Waals surface area contributed by atoms with Gasteiger partial charge in [-0.15, -0.1) is 6.42 Å². The quantitative estimate of drug-likeness (QED) is 0.655. The summed E-state index contributed by atoms with van der Waals surface area (Å²) in [4.78, 5) is 0. The Kier molecular flexibility index (Phi) is 2.43. The summed E-state index contributed by atoms with van der Waals surface area (Å²) < 4.78 is 37.3. The number of terminal acetylenes is 1. The normalized spacial score (nSPS) is 17.9. The zero-order valence-corrected chi connectivity index (χ0v) is 8.99. The van der Waals surface area contributed by atoms with Crippen molar-refractivity contribution in [1.29, 1.82) is 0 Å². The Morgan fingerprint density at radius 2 is 1.94 bits per heavy atom. The van der Waals surface area contributed by atoms with E-state index in [-0.39, 0.29) is 10.4 Å². The first-order valence-electron chi connectivity index (χ1n) is 4.74. The van der Waals surface area contributed by atoms with Crippen molar-refractivity contribution < 1.29 is 13.2 Å². The molecule has 1 aromatic rings. The van der Waals surface area contributed by atoms with E-state index in [1.807, 2.05) is 0 Å². The summed E-state index contributed by atoms with van der Waals surface area (Å²) in [6.07, 6.45) is 2.57. The van der Waals surface area contributed by atoms with Crippen LogP contribution >= 0.6 is 11.6 Å². The maximum absolute atomic E-state index is 12.4. The summed E-state index contributed by atoms with van der Waals surface area (Å²) in [5.74, 6) is 2.61. The van der Waals surface area contributed by atoms with Gasteiger partial charge >= 0.3 is 6.18 Å². The minimum atomic E-state index is -4.41. The number of hydrogen-bond acceptors (Lipinski definition) is 0. The van der Waals surface area contributed by atoms with Crippen molar-refractivity contribution in [3.8, 4) is 12.3 Å². The van der Waals surface area contributed by atoms with E-state index in [0.29, 0.717) is 5.56 Å². The van der Waals surface area contributed by atoms with Crippen LogP contribution in [0, 0.1) is 12.3 Å². The fourth-order valence-corrected chi connectivity index (χ4v) is 1.97. The first-order chi connectivity index (χ1) is 7.39. The average molecular weight is 245 g/mol. The Labute approximate surface area is 96.4 Å². The molecule has 1 aromatic carbocycles. The molecular formula is C12H8ClF3. The average Bonchev–Trinajstić information content (AvgIpc) is 2.96. The molecule has 0 unspecified atom stereocenters. The molecule has 0 bridgehead atoms. The topological polar surface area (TPSA) is 0 Å². The van der Waals surface area contributed by atoms with Gasteiger partial charge in [0, 0.05) is 0 Å². The summed E-state index contributed by atoms with van der Waals surface area (Å²) in [6.45, 7) is 0. The third kappa shape index (κ3) is 1.78. The minimum absolute atomic E-state index is 0.286. The Bertz CT molecular complexity index is 464. The van der Waals surface area contributed by atoms with Gasteiger partial charge in [0.05, 0.1) is 16.0 Å². The number of alkyl halides is 3. The largest absolute Gasteiger partial charge is 0.417 e. The second-order valence-electron chi connectivity index (χ2n) is 3.92. The Morgan fingerprint density at radius 3 is 2.31 bits per heavy atom. The van der Waals surface area contributed by atoms with Crippen LogP contribution in [-0.2, 0) is 11.6 Å². The molecule has 2 rings (SSSR count). The van der Waals surface area contributed by atoms with Gasteiger partial charge in [-0.2, -0.15) is 13.2 Å². The lowest BCUT2D eigenvalue weighted by Gasteiger charge is -2.13. The SMILES string of the molecule is C#CC1(c2ccc(C(F)(F)F)c(Cl)c2)CC1. The van der Waals surface area contributed by atoms with Crippen molar-refractivity contribution in [3.05, 3.63) is 34.3 Å².